The molecule has 0 bridgehead atoms. The Kier molecular flexibility index (Phi) is 5.21. The van der Waals surface area contributed by atoms with Gasteiger partial charge in [0.2, 0.25) is 0 Å². The van der Waals surface area contributed by atoms with Crippen LogP contribution < -0.4 is 5.32 Å². The average Bonchev–Trinajstić information content (AvgIpc) is 2.23. The Morgan fingerprint density at radius 3 is 2.47 bits per heavy atom. The third-order valence-corrected chi connectivity index (χ3v) is 3.15. The number of carbonyl (C=O) groups is 2. The molecule has 1 atom stereocenters. The van der Waals surface area contributed by atoms with Crippen molar-refractivity contribution in [3.8, 4) is 0 Å². The van der Waals surface area contributed by atoms with Crippen molar-refractivity contribution in [2.45, 2.75) is 32.2 Å². The van der Waals surface area contributed by atoms with Crippen molar-refractivity contribution in [1.29, 1.82) is 0 Å². The molecule has 17 heavy (non-hydrogen) atoms. The quantitative estimate of drug-likeness (QED) is 0.625. The van der Waals surface area contributed by atoms with Crippen LogP contribution in [0.5, 0.6) is 0 Å². The van der Waals surface area contributed by atoms with Gasteiger partial charge in [-0.3, -0.25) is 0 Å². The van der Waals surface area contributed by atoms with Gasteiger partial charge in [-0.1, -0.05) is 6.42 Å². The van der Waals surface area contributed by atoms with Crippen LogP contribution in [-0.2, 0) is 4.79 Å². The van der Waals surface area contributed by atoms with E-state index in [2.05, 4.69) is 5.32 Å². The number of nitrogens with zero attached hydrogens (tertiary/aromatic N) is 1. The van der Waals surface area contributed by atoms with Gasteiger partial charge in [-0.25, -0.2) is 9.59 Å². The lowest BCUT2D eigenvalue weighted by Gasteiger charge is -2.32. The van der Waals surface area contributed by atoms with Gasteiger partial charge in [0, 0.05) is 13.1 Å². The smallest absolute Gasteiger partial charge is 0.328 e. The molecule has 2 amide bonds. The van der Waals surface area contributed by atoms with E-state index in [9.17, 15) is 9.59 Å². The van der Waals surface area contributed by atoms with E-state index in [1.165, 1.54) is 6.42 Å². The minimum Gasteiger partial charge on any atom is -0.480 e. The van der Waals surface area contributed by atoms with Crippen LogP contribution in [0.1, 0.15) is 26.2 Å². The first-order valence-electron chi connectivity index (χ1n) is 5.97. The summed E-state index contributed by atoms with van der Waals surface area (Å²) in [6.07, 6.45) is 3.47. The number of hydrogen-bond acceptors (Lipinski definition) is 3. The highest BCUT2D eigenvalue weighted by molar-refractivity contribution is 5.82. The Morgan fingerprint density at radius 2 is 2.12 bits per heavy atom. The fourth-order valence-electron chi connectivity index (χ4n) is 1.77. The fourth-order valence-corrected chi connectivity index (χ4v) is 1.77. The zero-order valence-corrected chi connectivity index (χ0v) is 10.1. The van der Waals surface area contributed by atoms with Crippen molar-refractivity contribution >= 4 is 12.0 Å². The number of amides is 2. The number of carbonyl (C=O) groups excluding carboxylic acids is 1. The number of carboxylic acids is 1. The van der Waals surface area contributed by atoms with E-state index in [0.29, 0.717) is 19.0 Å². The van der Waals surface area contributed by atoms with Crippen LogP contribution in [0.2, 0.25) is 0 Å². The average molecular weight is 244 g/mol. The Bertz CT molecular complexity index is 279. The molecule has 1 aliphatic carbocycles. The molecule has 1 rings (SSSR count). The molecular formula is C11H20N2O4. The molecule has 0 radical (unpaired) electrons. The van der Waals surface area contributed by atoms with Crippen molar-refractivity contribution < 1.29 is 19.8 Å². The summed E-state index contributed by atoms with van der Waals surface area (Å²) in [4.78, 5) is 24.0. The lowest BCUT2D eigenvalue weighted by atomic mass is 9.85. The van der Waals surface area contributed by atoms with Crippen molar-refractivity contribution in [2.24, 2.45) is 5.92 Å². The zero-order chi connectivity index (χ0) is 12.8. The number of nitrogens with one attached hydrogen (secondary N) is 1. The van der Waals surface area contributed by atoms with E-state index < -0.39 is 24.6 Å². The van der Waals surface area contributed by atoms with Gasteiger partial charge in [0.15, 0.2) is 6.04 Å². The summed E-state index contributed by atoms with van der Waals surface area (Å²) >= 11 is 0. The van der Waals surface area contributed by atoms with Crippen LogP contribution in [0.3, 0.4) is 0 Å². The largest absolute Gasteiger partial charge is 0.480 e. The number of carboxylic acid groups (broad SMARTS) is 1. The van der Waals surface area contributed by atoms with Gasteiger partial charge < -0.3 is 20.4 Å². The Hall–Kier alpha value is -1.30. The predicted octanol–water partition coefficient (Wildman–Crippen LogP) is 0.263. The second kappa shape index (κ2) is 6.44. The van der Waals surface area contributed by atoms with Gasteiger partial charge in [-0.15, -0.1) is 0 Å². The van der Waals surface area contributed by atoms with Crippen LogP contribution in [0, 0.1) is 5.92 Å². The van der Waals surface area contributed by atoms with Gasteiger partial charge in [0.25, 0.3) is 0 Å². The third-order valence-electron chi connectivity index (χ3n) is 3.15. The first-order valence-corrected chi connectivity index (χ1v) is 5.97. The Balaban J connectivity index is 2.44. The minimum atomic E-state index is -1.22. The normalized spacial score (nSPS) is 17.1. The monoisotopic (exact) mass is 244 g/mol. The fraction of sp³-hybridized carbons (Fsp3) is 0.818. The second-order valence-electron chi connectivity index (χ2n) is 4.36. The van der Waals surface area contributed by atoms with Crippen molar-refractivity contribution in [3.05, 3.63) is 0 Å². The van der Waals surface area contributed by atoms with Crippen molar-refractivity contribution in [2.75, 3.05) is 19.7 Å². The number of aliphatic hydroxyl groups excluding tert-OH is 1. The molecule has 1 aliphatic rings. The van der Waals surface area contributed by atoms with Gasteiger partial charge in [-0.05, 0) is 25.7 Å². The Labute approximate surface area is 101 Å². The molecule has 0 aromatic carbocycles. The van der Waals surface area contributed by atoms with E-state index in [1.54, 1.807) is 4.90 Å². The summed E-state index contributed by atoms with van der Waals surface area (Å²) in [7, 11) is 0. The van der Waals surface area contributed by atoms with Gasteiger partial charge in [-0.2, -0.15) is 0 Å². The summed E-state index contributed by atoms with van der Waals surface area (Å²) in [5.74, 6) is -0.682. The number of rotatable bonds is 6. The lowest BCUT2D eigenvalue weighted by Crippen LogP contribution is -2.50. The number of urea groups is 1. The zero-order valence-electron chi connectivity index (χ0n) is 10.1. The van der Waals surface area contributed by atoms with Gasteiger partial charge >= 0.3 is 12.0 Å². The molecule has 98 valence electrons. The predicted molar refractivity (Wildman–Crippen MR) is 61.6 cm³/mol. The standard InChI is InChI=1S/C11H20N2O4/c1-2-13(6-8-4-3-5-8)11(17)12-9(7-14)10(15)16/h8-9,14H,2-7H2,1H3,(H,12,17)(H,15,16)/t9-/m1/s1. The van der Waals surface area contributed by atoms with E-state index in [-0.39, 0.29) is 0 Å². The SMILES string of the molecule is CCN(CC1CCC1)C(=O)N[C@H](CO)C(=O)O. The number of hydrogen-bond donors (Lipinski definition) is 3. The molecule has 1 fully saturated rings. The summed E-state index contributed by atoms with van der Waals surface area (Å²) in [6.45, 7) is 2.47. The highest BCUT2D eigenvalue weighted by Gasteiger charge is 2.25. The third kappa shape index (κ3) is 3.89. The highest BCUT2D eigenvalue weighted by atomic mass is 16.4. The van der Waals surface area contributed by atoms with Crippen molar-refractivity contribution in [1.82, 2.24) is 10.2 Å². The number of aliphatic carboxylic acids is 1. The molecule has 1 saturated carbocycles. The molecule has 6 heteroatoms. The molecule has 0 unspecified atom stereocenters. The van der Waals surface area contributed by atoms with Gasteiger partial charge in [0.1, 0.15) is 0 Å². The topological polar surface area (TPSA) is 89.9 Å². The number of aliphatic hydroxyl groups is 1. The minimum absolute atomic E-state index is 0.416. The summed E-state index contributed by atoms with van der Waals surface area (Å²) in [5.41, 5.74) is 0. The molecule has 0 aliphatic heterocycles. The van der Waals surface area contributed by atoms with Crippen LogP contribution in [-0.4, -0.2) is 52.9 Å². The molecule has 0 aromatic rings. The van der Waals surface area contributed by atoms with Crippen LogP contribution >= 0.6 is 0 Å². The highest BCUT2D eigenvalue weighted by Crippen LogP contribution is 2.26. The van der Waals surface area contributed by atoms with Crippen molar-refractivity contribution in [3.63, 3.8) is 0 Å². The maximum Gasteiger partial charge on any atom is 0.328 e. The van der Waals surface area contributed by atoms with E-state index in [4.69, 9.17) is 10.2 Å². The van der Waals surface area contributed by atoms with Crippen LogP contribution in [0.25, 0.3) is 0 Å². The van der Waals surface area contributed by atoms with Gasteiger partial charge in [0.05, 0.1) is 6.61 Å². The summed E-state index contributed by atoms with van der Waals surface area (Å²) in [6, 6.07) is -1.64. The maximum absolute atomic E-state index is 11.8. The van der Waals surface area contributed by atoms with E-state index in [1.807, 2.05) is 6.92 Å². The van der Waals surface area contributed by atoms with Crippen LogP contribution in [0.4, 0.5) is 4.79 Å². The second-order valence-corrected chi connectivity index (χ2v) is 4.36. The summed E-state index contributed by atoms with van der Waals surface area (Å²) in [5, 5.41) is 19.9. The van der Waals surface area contributed by atoms with E-state index in [0.717, 1.165) is 12.8 Å². The van der Waals surface area contributed by atoms with Crippen LogP contribution in [0.15, 0.2) is 0 Å². The van der Waals surface area contributed by atoms with E-state index >= 15 is 0 Å². The molecule has 3 N–H and O–H groups in total. The first kappa shape index (κ1) is 13.8. The molecule has 0 heterocycles. The lowest BCUT2D eigenvalue weighted by molar-refractivity contribution is -0.140. The molecule has 0 spiro atoms. The molecular weight excluding hydrogens is 224 g/mol. The molecule has 6 nitrogen and oxygen atoms in total. The molecule has 0 aromatic heterocycles. The molecule has 0 saturated heterocycles. The maximum atomic E-state index is 11.8. The summed E-state index contributed by atoms with van der Waals surface area (Å²) < 4.78 is 0. The Morgan fingerprint density at radius 1 is 1.47 bits per heavy atom. The first-order chi connectivity index (χ1) is 8.08.